The second kappa shape index (κ2) is 12.0. The Kier molecular flexibility index (Phi) is 10.8. The van der Waals surface area contributed by atoms with Crippen molar-refractivity contribution in [3.63, 3.8) is 0 Å². The van der Waals surface area contributed by atoms with Gasteiger partial charge in [0.15, 0.2) is 0 Å². The normalized spacial score (nSPS) is 10.1. The lowest BCUT2D eigenvalue weighted by Gasteiger charge is -2.14. The first-order chi connectivity index (χ1) is 11.8. The Labute approximate surface area is 147 Å². The second-order valence-electron chi connectivity index (χ2n) is 4.35. The summed E-state index contributed by atoms with van der Waals surface area (Å²) in [6.07, 6.45) is 15.3. The maximum Gasteiger partial charge on any atom is 0.116 e. The molecule has 0 unspecified atom stereocenters. The highest BCUT2D eigenvalue weighted by Crippen LogP contribution is 2.32. The number of benzene rings is 1. The lowest BCUT2D eigenvalue weighted by molar-refractivity contribution is 1.22. The van der Waals surface area contributed by atoms with E-state index in [0.29, 0.717) is 0 Å². The zero-order valence-electron chi connectivity index (χ0n) is 15.9. The molecule has 0 aliphatic rings. The van der Waals surface area contributed by atoms with Crippen LogP contribution in [0.5, 0.6) is 0 Å². The molecular weight excluding hydrogens is 292 g/mol. The van der Waals surface area contributed by atoms with E-state index < -0.39 is 0 Å². The molecule has 0 fully saturated rings. The van der Waals surface area contributed by atoms with E-state index in [9.17, 15) is 0 Å². The molecule has 0 spiro atoms. The van der Waals surface area contributed by atoms with Gasteiger partial charge in [-0.25, -0.2) is 9.97 Å². The van der Waals surface area contributed by atoms with Crippen molar-refractivity contribution in [1.82, 2.24) is 9.97 Å². The highest BCUT2D eigenvalue weighted by atomic mass is 14.8. The van der Waals surface area contributed by atoms with E-state index in [1.807, 2.05) is 72.0 Å². The highest BCUT2D eigenvalue weighted by molar-refractivity contribution is 6.00. The molecule has 0 saturated heterocycles. The van der Waals surface area contributed by atoms with Crippen molar-refractivity contribution in [2.45, 2.75) is 41.5 Å². The number of rotatable bonds is 4. The van der Waals surface area contributed by atoms with Gasteiger partial charge in [-0.05, 0) is 30.5 Å². The molecule has 0 N–H and O–H groups in total. The van der Waals surface area contributed by atoms with Gasteiger partial charge < -0.3 is 0 Å². The predicted molar refractivity (Wildman–Crippen MR) is 112 cm³/mol. The fraction of sp³-hybridized carbons (Fsp3) is 0.273. The molecule has 0 saturated carbocycles. The van der Waals surface area contributed by atoms with Crippen LogP contribution in [0.1, 0.15) is 63.8 Å². The van der Waals surface area contributed by atoms with E-state index in [1.54, 1.807) is 6.33 Å². The Hall–Kier alpha value is -2.48. The Morgan fingerprint density at radius 3 is 1.83 bits per heavy atom. The topological polar surface area (TPSA) is 25.8 Å². The van der Waals surface area contributed by atoms with Crippen LogP contribution in [0.4, 0.5) is 0 Å². The molecule has 128 valence electrons. The van der Waals surface area contributed by atoms with Crippen molar-refractivity contribution in [3.05, 3.63) is 60.1 Å². The molecule has 1 aromatic carbocycles. The molecule has 2 nitrogen and oxygen atoms in total. The summed E-state index contributed by atoms with van der Waals surface area (Å²) in [7, 11) is 0. The lowest BCUT2D eigenvalue weighted by atomic mass is 9.91. The summed E-state index contributed by atoms with van der Waals surface area (Å²) in [5, 5.41) is 1.02. The van der Waals surface area contributed by atoms with Gasteiger partial charge in [0.1, 0.15) is 6.33 Å². The Morgan fingerprint density at radius 1 is 0.792 bits per heavy atom. The van der Waals surface area contributed by atoms with Crippen LogP contribution in [0.2, 0.25) is 0 Å². The van der Waals surface area contributed by atoms with Crippen LogP contribution in [-0.2, 0) is 0 Å². The van der Waals surface area contributed by atoms with Crippen molar-refractivity contribution in [3.8, 4) is 0 Å². The van der Waals surface area contributed by atoms with Gasteiger partial charge >= 0.3 is 0 Å². The molecular formula is C22H30N2. The first-order valence-electron chi connectivity index (χ1n) is 8.58. The minimum absolute atomic E-state index is 0.918. The zero-order valence-corrected chi connectivity index (χ0v) is 15.9. The van der Waals surface area contributed by atoms with Crippen molar-refractivity contribution in [2.75, 3.05) is 0 Å². The smallest absolute Gasteiger partial charge is 0.116 e. The fourth-order valence-corrected chi connectivity index (χ4v) is 2.42. The maximum atomic E-state index is 4.43. The molecule has 1 aromatic heterocycles. The minimum Gasteiger partial charge on any atom is -0.244 e. The third kappa shape index (κ3) is 4.51. The lowest BCUT2D eigenvalue weighted by Crippen LogP contribution is -1.97. The van der Waals surface area contributed by atoms with Crippen LogP contribution < -0.4 is 0 Å². The van der Waals surface area contributed by atoms with Gasteiger partial charge in [-0.1, -0.05) is 77.3 Å². The van der Waals surface area contributed by atoms with Crippen LogP contribution >= 0.6 is 0 Å². The quantitative estimate of drug-likeness (QED) is 0.603. The first kappa shape index (κ1) is 21.5. The van der Waals surface area contributed by atoms with Gasteiger partial charge in [0, 0.05) is 17.1 Å². The van der Waals surface area contributed by atoms with Crippen molar-refractivity contribution < 1.29 is 0 Å². The minimum atomic E-state index is 0.918. The number of allylic oxidation sites excluding steroid dienone is 2. The highest BCUT2D eigenvalue weighted by Gasteiger charge is 2.13. The molecule has 0 aliphatic heterocycles. The SMILES string of the molecule is C=Cc1c(/C=C\C)c(C=C)c2ncncc2c1/C=C\C.CC.CC. The zero-order chi connectivity index (χ0) is 18.5. The van der Waals surface area contributed by atoms with Gasteiger partial charge in [0.25, 0.3) is 0 Å². The van der Waals surface area contributed by atoms with Crippen LogP contribution in [0.15, 0.2) is 37.8 Å². The molecule has 0 bridgehead atoms. The van der Waals surface area contributed by atoms with Crippen molar-refractivity contribution in [2.24, 2.45) is 0 Å². The monoisotopic (exact) mass is 322 g/mol. The molecule has 2 rings (SSSR count). The van der Waals surface area contributed by atoms with Crippen LogP contribution in [0, 0.1) is 0 Å². The van der Waals surface area contributed by atoms with Gasteiger partial charge in [0.2, 0.25) is 0 Å². The molecule has 1 heterocycles. The first-order valence-corrected chi connectivity index (χ1v) is 8.58. The third-order valence-corrected chi connectivity index (χ3v) is 3.20. The van der Waals surface area contributed by atoms with Crippen molar-refractivity contribution in [1.29, 1.82) is 0 Å². The Bertz CT molecular complexity index is 722. The number of hydrogen-bond donors (Lipinski definition) is 0. The number of hydrogen-bond acceptors (Lipinski definition) is 2. The van der Waals surface area contributed by atoms with Gasteiger partial charge in [-0.2, -0.15) is 0 Å². The van der Waals surface area contributed by atoms with Crippen LogP contribution in [-0.4, -0.2) is 9.97 Å². The van der Waals surface area contributed by atoms with E-state index in [-0.39, 0.29) is 0 Å². The van der Waals surface area contributed by atoms with Crippen LogP contribution in [0.3, 0.4) is 0 Å². The average molecular weight is 322 g/mol. The summed E-state index contributed by atoms with van der Waals surface area (Å²) in [5.74, 6) is 0. The van der Waals surface area contributed by atoms with E-state index in [4.69, 9.17) is 0 Å². The van der Waals surface area contributed by atoms with E-state index in [2.05, 4.69) is 35.3 Å². The summed E-state index contributed by atoms with van der Waals surface area (Å²) in [5.41, 5.74) is 5.21. The van der Waals surface area contributed by atoms with Crippen LogP contribution in [0.25, 0.3) is 35.2 Å². The van der Waals surface area contributed by atoms with Gasteiger partial charge in [-0.3, -0.25) is 0 Å². The third-order valence-electron chi connectivity index (χ3n) is 3.20. The molecule has 0 atom stereocenters. The van der Waals surface area contributed by atoms with Crippen molar-refractivity contribution >= 4 is 35.2 Å². The largest absolute Gasteiger partial charge is 0.244 e. The second-order valence-corrected chi connectivity index (χ2v) is 4.35. The Morgan fingerprint density at radius 2 is 1.33 bits per heavy atom. The average Bonchev–Trinajstić information content (AvgIpc) is 2.66. The number of nitrogens with zero attached hydrogens (tertiary/aromatic N) is 2. The number of aromatic nitrogens is 2. The maximum absolute atomic E-state index is 4.43. The summed E-state index contributed by atoms with van der Waals surface area (Å²) >= 11 is 0. The molecule has 24 heavy (non-hydrogen) atoms. The Balaban J connectivity index is 0.00000123. The molecule has 2 heteroatoms. The molecule has 0 radical (unpaired) electrons. The standard InChI is InChI=1S/C18H18N2.2C2H6/c1-5-9-15-13(7-3)16(10-6-2)17-11-19-12-20-18(17)14(15)8-4;2*1-2/h5-12H,3-4H2,1-2H3;2*1-2H3/b9-5-,10-6-;;. The fourth-order valence-electron chi connectivity index (χ4n) is 2.42. The van der Waals surface area contributed by atoms with E-state index >= 15 is 0 Å². The van der Waals surface area contributed by atoms with E-state index in [1.165, 1.54) is 0 Å². The van der Waals surface area contributed by atoms with E-state index in [0.717, 1.165) is 33.2 Å². The summed E-state index contributed by atoms with van der Waals surface area (Å²) in [6.45, 7) is 19.9. The molecule has 0 amide bonds. The molecule has 2 aromatic rings. The summed E-state index contributed by atoms with van der Waals surface area (Å²) in [4.78, 5) is 8.58. The summed E-state index contributed by atoms with van der Waals surface area (Å²) < 4.78 is 0. The molecule has 0 aliphatic carbocycles. The summed E-state index contributed by atoms with van der Waals surface area (Å²) in [6, 6.07) is 0. The van der Waals surface area contributed by atoms with Gasteiger partial charge in [-0.15, -0.1) is 0 Å². The predicted octanol–water partition coefficient (Wildman–Crippen LogP) is 7.03. The number of fused-ring (bicyclic) bond motifs is 1. The van der Waals surface area contributed by atoms with Gasteiger partial charge in [0.05, 0.1) is 5.52 Å².